The van der Waals surface area contributed by atoms with Crippen molar-refractivity contribution in [3.63, 3.8) is 0 Å². The van der Waals surface area contributed by atoms with Gasteiger partial charge in [0.2, 0.25) is 5.91 Å². The minimum Gasteiger partial charge on any atom is -0.339 e. The predicted octanol–water partition coefficient (Wildman–Crippen LogP) is 5.18. The summed E-state index contributed by atoms with van der Waals surface area (Å²) >= 11 is 0. The van der Waals surface area contributed by atoms with E-state index in [-0.39, 0.29) is 30.0 Å². The van der Waals surface area contributed by atoms with E-state index in [2.05, 4.69) is 26.7 Å². The summed E-state index contributed by atoms with van der Waals surface area (Å²) < 4.78 is 3.93. The molecule has 8 heteroatoms. The van der Waals surface area contributed by atoms with Crippen molar-refractivity contribution in [1.82, 2.24) is 24.0 Å². The Bertz CT molecular complexity index is 1660. The number of hydrogen-bond donors (Lipinski definition) is 1. The lowest BCUT2D eigenvalue weighted by Crippen LogP contribution is -2.39. The van der Waals surface area contributed by atoms with Crippen LogP contribution in [0.5, 0.6) is 0 Å². The lowest BCUT2D eigenvalue weighted by molar-refractivity contribution is -0.127. The molecule has 1 N–H and O–H groups in total. The van der Waals surface area contributed by atoms with Gasteiger partial charge in [-0.1, -0.05) is 42.5 Å². The van der Waals surface area contributed by atoms with Crippen LogP contribution in [-0.2, 0) is 11.8 Å². The fourth-order valence-corrected chi connectivity index (χ4v) is 5.44. The summed E-state index contributed by atoms with van der Waals surface area (Å²) in [4.78, 5) is 35.1. The number of carbonyl (C=O) groups excluding carboxylic acids is 1. The maximum absolute atomic E-state index is 13.2. The highest BCUT2D eigenvalue weighted by atomic mass is 35.5. The molecule has 0 aliphatic carbocycles. The third-order valence-electron chi connectivity index (χ3n) is 7.19. The van der Waals surface area contributed by atoms with Crippen molar-refractivity contribution in [2.75, 3.05) is 13.1 Å². The second kappa shape index (κ2) is 10.1. The van der Waals surface area contributed by atoms with Gasteiger partial charge in [-0.3, -0.25) is 9.36 Å². The summed E-state index contributed by atoms with van der Waals surface area (Å²) in [7, 11) is 2.01. The topological polar surface area (TPSA) is 75.9 Å². The van der Waals surface area contributed by atoms with Crippen LogP contribution in [-0.4, -0.2) is 43.0 Å². The molecule has 5 aromatic rings. The van der Waals surface area contributed by atoms with Crippen LogP contribution in [0.4, 0.5) is 0 Å². The number of halogens is 1. The van der Waals surface area contributed by atoms with E-state index in [1.807, 2.05) is 77.2 Å². The standard InChI is InChI=1S/C29H27N5O2.ClH/c1-32-27(20-8-3-2-4-9-20)22(23-10-7-17-30-28(23)32)13-14-26(35)33-18-15-21(16-19-33)34-25-12-6-5-11-24(25)31-29(34)36;/h2-14,17,21H,15-16,18-19H2,1H3,(H,31,36);1H. The van der Waals surface area contributed by atoms with Crippen molar-refractivity contribution < 1.29 is 4.79 Å². The van der Waals surface area contributed by atoms with Gasteiger partial charge >= 0.3 is 5.69 Å². The average Bonchev–Trinajstić information content (AvgIpc) is 3.41. The van der Waals surface area contributed by atoms with Crippen LogP contribution < -0.4 is 5.69 Å². The third kappa shape index (κ3) is 4.36. The molecular weight excluding hydrogens is 486 g/mol. The van der Waals surface area contributed by atoms with Crippen LogP contribution in [0.1, 0.15) is 24.4 Å². The summed E-state index contributed by atoms with van der Waals surface area (Å²) in [5.74, 6) is -0.0142. The molecule has 4 heterocycles. The zero-order chi connectivity index (χ0) is 24.6. The summed E-state index contributed by atoms with van der Waals surface area (Å²) in [6.45, 7) is 1.23. The first-order valence-corrected chi connectivity index (χ1v) is 12.3. The number of aromatic nitrogens is 4. The van der Waals surface area contributed by atoms with Gasteiger partial charge in [0, 0.05) is 49.4 Å². The monoisotopic (exact) mass is 513 g/mol. The fourth-order valence-electron chi connectivity index (χ4n) is 5.44. The Morgan fingerprint density at radius 3 is 2.51 bits per heavy atom. The number of likely N-dealkylation sites (tertiary alicyclic amines) is 1. The number of aryl methyl sites for hydroxylation is 1. The van der Waals surface area contributed by atoms with Gasteiger partial charge in [0.15, 0.2) is 0 Å². The van der Waals surface area contributed by atoms with Crippen molar-refractivity contribution >= 4 is 46.5 Å². The summed E-state index contributed by atoms with van der Waals surface area (Å²) in [5.41, 5.74) is 5.67. The van der Waals surface area contributed by atoms with Crippen molar-refractivity contribution in [1.29, 1.82) is 0 Å². The molecule has 7 nitrogen and oxygen atoms in total. The van der Waals surface area contributed by atoms with Crippen LogP contribution in [0.25, 0.3) is 39.4 Å². The van der Waals surface area contributed by atoms with Crippen molar-refractivity contribution in [3.8, 4) is 11.3 Å². The number of para-hydroxylation sites is 2. The van der Waals surface area contributed by atoms with Crippen LogP contribution in [0.3, 0.4) is 0 Å². The molecule has 2 aromatic carbocycles. The number of nitrogens with one attached hydrogen (secondary N) is 1. The molecule has 6 rings (SSSR count). The van der Waals surface area contributed by atoms with Crippen LogP contribution in [0, 0.1) is 0 Å². The zero-order valence-corrected chi connectivity index (χ0v) is 21.3. The SMILES string of the molecule is Cl.Cn1c(-c2ccccc2)c(C=CC(=O)N2CCC(n3c(=O)[nH]c4ccccc43)CC2)c2cccnc21. The van der Waals surface area contributed by atoms with Crippen LogP contribution in [0.15, 0.2) is 83.8 Å². The number of H-pyrrole nitrogens is 1. The summed E-state index contributed by atoms with van der Waals surface area (Å²) in [6.07, 6.45) is 6.87. The molecule has 1 saturated heterocycles. The Morgan fingerprint density at radius 2 is 1.73 bits per heavy atom. The number of benzene rings is 2. The maximum atomic E-state index is 13.2. The third-order valence-corrected chi connectivity index (χ3v) is 7.19. The van der Waals surface area contributed by atoms with Crippen molar-refractivity contribution in [2.24, 2.45) is 7.05 Å². The van der Waals surface area contributed by atoms with Gasteiger partial charge in [0.25, 0.3) is 0 Å². The molecule has 3 aromatic heterocycles. The molecular formula is C29H28ClN5O2. The molecule has 37 heavy (non-hydrogen) atoms. The highest BCUT2D eigenvalue weighted by molar-refractivity contribution is 6.00. The number of rotatable bonds is 4. The Kier molecular flexibility index (Phi) is 6.72. The van der Waals surface area contributed by atoms with Crippen molar-refractivity contribution in [2.45, 2.75) is 18.9 Å². The number of imidazole rings is 1. The highest BCUT2D eigenvalue weighted by Gasteiger charge is 2.25. The van der Waals surface area contributed by atoms with E-state index in [1.54, 1.807) is 12.3 Å². The number of aromatic amines is 1. The molecule has 0 radical (unpaired) electrons. The van der Waals surface area contributed by atoms with E-state index in [0.717, 1.165) is 51.7 Å². The molecule has 0 spiro atoms. The highest BCUT2D eigenvalue weighted by Crippen LogP contribution is 2.33. The summed E-state index contributed by atoms with van der Waals surface area (Å²) in [5, 5.41) is 1.01. The number of nitrogens with zero attached hydrogens (tertiary/aromatic N) is 4. The number of piperidine rings is 1. The van der Waals surface area contributed by atoms with Crippen molar-refractivity contribution in [3.05, 3.63) is 95.1 Å². The molecule has 188 valence electrons. The Labute approximate surface area is 220 Å². The van der Waals surface area contributed by atoms with Gasteiger partial charge in [-0.2, -0.15) is 0 Å². The fraction of sp³-hybridized carbons (Fsp3) is 0.207. The number of amides is 1. The molecule has 0 saturated carbocycles. The lowest BCUT2D eigenvalue weighted by Gasteiger charge is -2.32. The van der Waals surface area contributed by atoms with E-state index in [1.165, 1.54) is 0 Å². The van der Waals surface area contributed by atoms with Crippen LogP contribution >= 0.6 is 12.4 Å². The molecule has 0 unspecified atom stereocenters. The number of fused-ring (bicyclic) bond motifs is 2. The minimum atomic E-state index is -0.0844. The maximum Gasteiger partial charge on any atom is 0.326 e. The smallest absolute Gasteiger partial charge is 0.326 e. The quantitative estimate of drug-likeness (QED) is 0.336. The normalized spacial score (nSPS) is 14.5. The van der Waals surface area contributed by atoms with E-state index in [0.29, 0.717) is 13.1 Å². The molecule has 0 atom stereocenters. The second-order valence-electron chi connectivity index (χ2n) is 9.27. The minimum absolute atomic E-state index is 0. The largest absolute Gasteiger partial charge is 0.339 e. The second-order valence-corrected chi connectivity index (χ2v) is 9.27. The van der Waals surface area contributed by atoms with E-state index in [9.17, 15) is 9.59 Å². The molecule has 1 fully saturated rings. The molecule has 1 amide bonds. The Balaban J connectivity index is 0.00000280. The first-order valence-electron chi connectivity index (χ1n) is 12.3. The number of pyridine rings is 1. The van der Waals surface area contributed by atoms with Crippen LogP contribution in [0.2, 0.25) is 0 Å². The summed E-state index contributed by atoms with van der Waals surface area (Å²) in [6, 6.07) is 22.0. The van der Waals surface area contributed by atoms with Gasteiger partial charge in [-0.25, -0.2) is 9.78 Å². The molecule has 1 aliphatic rings. The molecule has 0 bridgehead atoms. The van der Waals surface area contributed by atoms with E-state index >= 15 is 0 Å². The van der Waals surface area contributed by atoms with Gasteiger partial charge in [-0.15, -0.1) is 12.4 Å². The predicted molar refractivity (Wildman–Crippen MR) is 150 cm³/mol. The van der Waals surface area contributed by atoms with Gasteiger partial charge in [0.05, 0.1) is 16.7 Å². The average molecular weight is 514 g/mol. The molecule has 1 aliphatic heterocycles. The Morgan fingerprint density at radius 1 is 1.00 bits per heavy atom. The zero-order valence-electron chi connectivity index (χ0n) is 20.5. The lowest BCUT2D eigenvalue weighted by atomic mass is 10.0. The van der Waals surface area contributed by atoms with E-state index in [4.69, 9.17) is 0 Å². The van der Waals surface area contributed by atoms with Gasteiger partial charge in [-0.05, 0) is 48.7 Å². The first-order chi connectivity index (χ1) is 17.6. The number of carbonyl (C=O) groups is 1. The van der Waals surface area contributed by atoms with Gasteiger partial charge in [0.1, 0.15) is 5.65 Å². The number of hydrogen-bond acceptors (Lipinski definition) is 3. The van der Waals surface area contributed by atoms with Gasteiger partial charge < -0.3 is 14.5 Å². The Hall–Kier alpha value is -4.10. The van der Waals surface area contributed by atoms with E-state index < -0.39 is 0 Å². The first kappa shape index (κ1) is 24.6.